The van der Waals surface area contributed by atoms with Crippen LogP contribution in [-0.4, -0.2) is 50.0 Å². The summed E-state index contributed by atoms with van der Waals surface area (Å²) >= 11 is 9.43. The number of nitrogens with one attached hydrogen (secondary N) is 1. The second-order valence-corrected chi connectivity index (χ2v) is 11.8. The molecule has 192 valence electrons. The Morgan fingerprint density at radius 3 is 2.23 bits per heavy atom. The quantitative estimate of drug-likeness (QED) is 0.406. The minimum atomic E-state index is -3.78. The molecule has 0 aliphatic heterocycles. The molecule has 0 aliphatic carbocycles. The maximum absolute atomic E-state index is 13.7. The van der Waals surface area contributed by atoms with Crippen LogP contribution in [0.3, 0.4) is 0 Å². The van der Waals surface area contributed by atoms with Crippen LogP contribution in [0.2, 0.25) is 5.02 Å². The molecule has 0 fully saturated rings. The van der Waals surface area contributed by atoms with E-state index in [9.17, 15) is 18.0 Å². The van der Waals surface area contributed by atoms with E-state index in [-0.39, 0.29) is 18.5 Å². The molecule has 2 rings (SSSR count). The van der Waals surface area contributed by atoms with Gasteiger partial charge in [0, 0.05) is 22.1 Å². The summed E-state index contributed by atoms with van der Waals surface area (Å²) in [5, 5.41) is 3.51. The van der Waals surface area contributed by atoms with Gasteiger partial charge in [-0.3, -0.25) is 13.9 Å². The van der Waals surface area contributed by atoms with Crippen molar-refractivity contribution in [3.63, 3.8) is 0 Å². The Balaban J connectivity index is 2.45. The van der Waals surface area contributed by atoms with E-state index in [1.54, 1.807) is 42.5 Å². The molecule has 2 aromatic rings. The van der Waals surface area contributed by atoms with Gasteiger partial charge >= 0.3 is 0 Å². The number of anilines is 1. The van der Waals surface area contributed by atoms with Crippen LogP contribution in [0, 0.1) is 6.92 Å². The first-order valence-corrected chi connectivity index (χ1v) is 14.5. The summed E-state index contributed by atoms with van der Waals surface area (Å²) in [4.78, 5) is 28.2. The predicted molar refractivity (Wildman–Crippen MR) is 145 cm³/mol. The molecule has 0 bridgehead atoms. The minimum absolute atomic E-state index is 0.0534. The number of rotatable bonds is 11. The zero-order chi connectivity index (χ0) is 26.3. The molecule has 35 heavy (non-hydrogen) atoms. The first kappa shape index (κ1) is 29.1. The van der Waals surface area contributed by atoms with Gasteiger partial charge in [-0.25, -0.2) is 8.42 Å². The van der Waals surface area contributed by atoms with E-state index in [0.717, 1.165) is 32.6 Å². The molecule has 2 aromatic carbocycles. The van der Waals surface area contributed by atoms with E-state index in [4.69, 9.17) is 11.6 Å². The van der Waals surface area contributed by atoms with Gasteiger partial charge in [0.2, 0.25) is 21.8 Å². The third-order valence-corrected chi connectivity index (χ3v) is 8.04. The van der Waals surface area contributed by atoms with Gasteiger partial charge in [0.15, 0.2) is 0 Å². The molecule has 0 aromatic heterocycles. The number of aryl methyl sites for hydroxylation is 1. The van der Waals surface area contributed by atoms with E-state index in [0.29, 0.717) is 17.1 Å². The van der Waals surface area contributed by atoms with Crippen molar-refractivity contribution in [2.45, 2.75) is 59.2 Å². The van der Waals surface area contributed by atoms with Crippen LogP contribution in [0.5, 0.6) is 0 Å². The van der Waals surface area contributed by atoms with E-state index < -0.39 is 28.5 Å². The topological polar surface area (TPSA) is 86.8 Å². The summed E-state index contributed by atoms with van der Waals surface area (Å²) in [5.41, 5.74) is 1.99. The zero-order valence-electron chi connectivity index (χ0n) is 20.7. The molecule has 7 nitrogen and oxygen atoms in total. The smallest absolute Gasteiger partial charge is 0.244 e. The molecule has 0 spiro atoms. The predicted octanol–water partition coefficient (Wildman–Crippen LogP) is 4.90. The third-order valence-electron chi connectivity index (χ3n) is 5.76. The summed E-state index contributed by atoms with van der Waals surface area (Å²) in [6.45, 7) is 7.24. The molecule has 0 radical (unpaired) electrons. The number of benzene rings is 2. The van der Waals surface area contributed by atoms with Gasteiger partial charge < -0.3 is 10.2 Å². The van der Waals surface area contributed by atoms with Gasteiger partial charge in [0.05, 0.1) is 11.9 Å². The maximum atomic E-state index is 13.7. The Labute approximate surface area is 222 Å². The minimum Gasteiger partial charge on any atom is -0.352 e. The van der Waals surface area contributed by atoms with Crippen LogP contribution in [0.15, 0.2) is 46.9 Å². The molecule has 1 N–H and O–H groups in total. The van der Waals surface area contributed by atoms with Crippen molar-refractivity contribution < 1.29 is 18.0 Å². The lowest BCUT2D eigenvalue weighted by Gasteiger charge is -2.33. The first-order valence-electron chi connectivity index (χ1n) is 11.5. The fraction of sp³-hybridized carbons (Fsp3) is 0.440. The largest absolute Gasteiger partial charge is 0.352 e. The Morgan fingerprint density at radius 2 is 1.71 bits per heavy atom. The molecular weight excluding hydrogens is 554 g/mol. The lowest BCUT2D eigenvalue weighted by Crippen LogP contribution is -2.53. The van der Waals surface area contributed by atoms with E-state index in [1.807, 2.05) is 27.7 Å². The van der Waals surface area contributed by atoms with Crippen molar-refractivity contribution in [3.05, 3.63) is 63.1 Å². The van der Waals surface area contributed by atoms with Crippen LogP contribution in [0.25, 0.3) is 0 Å². The number of carbonyl (C=O) groups is 2. The highest BCUT2D eigenvalue weighted by molar-refractivity contribution is 9.10. The number of sulfonamides is 1. The standard InChI is InChI=1S/C25H33BrClN3O4S/c1-6-18(4)28-25(32)23(7-2)29(15-19-8-10-20(27)11-9-19)24(31)16-30(35(5,33)34)21-12-13-22(26)17(3)14-21/h8-14,18,23H,6-7,15-16H2,1-5H3,(H,28,32). The molecular formula is C25H33BrClN3O4S. The fourth-order valence-electron chi connectivity index (χ4n) is 3.54. The number of halogens is 2. The molecule has 2 atom stereocenters. The molecule has 0 heterocycles. The third kappa shape index (κ3) is 8.22. The Morgan fingerprint density at radius 1 is 1.09 bits per heavy atom. The van der Waals surface area contributed by atoms with Gasteiger partial charge in [-0.2, -0.15) is 0 Å². The van der Waals surface area contributed by atoms with E-state index >= 15 is 0 Å². The second-order valence-electron chi connectivity index (χ2n) is 8.59. The lowest BCUT2D eigenvalue weighted by molar-refractivity contribution is -0.140. The molecule has 0 saturated heterocycles. The number of carbonyl (C=O) groups excluding carboxylic acids is 2. The molecule has 2 amide bonds. The number of hydrogen-bond acceptors (Lipinski definition) is 4. The first-order chi connectivity index (χ1) is 16.4. The average Bonchev–Trinajstić information content (AvgIpc) is 2.79. The van der Waals surface area contributed by atoms with Crippen molar-refractivity contribution in [2.75, 3.05) is 17.1 Å². The fourth-order valence-corrected chi connectivity index (χ4v) is 4.76. The lowest BCUT2D eigenvalue weighted by atomic mass is 10.1. The van der Waals surface area contributed by atoms with Gasteiger partial charge in [0.25, 0.3) is 0 Å². The van der Waals surface area contributed by atoms with Crippen molar-refractivity contribution in [1.29, 1.82) is 0 Å². The summed E-state index contributed by atoms with van der Waals surface area (Å²) in [6.07, 6.45) is 2.18. The van der Waals surface area contributed by atoms with Crippen LogP contribution < -0.4 is 9.62 Å². The Bertz CT molecular complexity index is 1140. The van der Waals surface area contributed by atoms with Crippen molar-refractivity contribution in [3.8, 4) is 0 Å². The summed E-state index contributed by atoms with van der Waals surface area (Å²) < 4.78 is 27.3. The van der Waals surface area contributed by atoms with Crippen LogP contribution in [0.1, 0.15) is 44.7 Å². The van der Waals surface area contributed by atoms with Crippen molar-refractivity contribution in [2.24, 2.45) is 0 Å². The highest BCUT2D eigenvalue weighted by Crippen LogP contribution is 2.25. The zero-order valence-corrected chi connectivity index (χ0v) is 23.9. The van der Waals surface area contributed by atoms with Gasteiger partial charge in [-0.05, 0) is 68.1 Å². The maximum Gasteiger partial charge on any atom is 0.244 e. The number of hydrogen-bond donors (Lipinski definition) is 1. The molecule has 0 saturated carbocycles. The SMILES string of the molecule is CCC(C)NC(=O)C(CC)N(Cc1ccc(Cl)cc1)C(=O)CN(c1ccc(Br)c(C)c1)S(C)(=O)=O. The van der Waals surface area contributed by atoms with Crippen molar-refractivity contribution >= 4 is 55.1 Å². The molecule has 2 unspecified atom stereocenters. The van der Waals surface area contributed by atoms with E-state index in [1.165, 1.54) is 4.90 Å². The van der Waals surface area contributed by atoms with E-state index in [2.05, 4.69) is 21.2 Å². The van der Waals surface area contributed by atoms with Gasteiger partial charge in [0.1, 0.15) is 12.6 Å². The second kappa shape index (κ2) is 12.7. The monoisotopic (exact) mass is 585 g/mol. The Hall–Kier alpha value is -2.10. The van der Waals surface area contributed by atoms with Crippen LogP contribution in [0.4, 0.5) is 5.69 Å². The summed E-state index contributed by atoms with van der Waals surface area (Å²) in [5.74, 6) is -0.744. The molecule has 0 aliphatic rings. The van der Waals surface area contributed by atoms with Gasteiger partial charge in [-0.1, -0.05) is 53.5 Å². The number of amides is 2. The average molecular weight is 587 g/mol. The molecule has 10 heteroatoms. The highest BCUT2D eigenvalue weighted by Gasteiger charge is 2.32. The van der Waals surface area contributed by atoms with Crippen LogP contribution in [-0.2, 0) is 26.2 Å². The van der Waals surface area contributed by atoms with Crippen molar-refractivity contribution in [1.82, 2.24) is 10.2 Å². The van der Waals surface area contributed by atoms with Gasteiger partial charge in [-0.15, -0.1) is 0 Å². The normalized spacial score (nSPS) is 13.1. The Kier molecular flexibility index (Phi) is 10.6. The summed E-state index contributed by atoms with van der Waals surface area (Å²) in [7, 11) is -3.78. The highest BCUT2D eigenvalue weighted by atomic mass is 79.9. The van der Waals surface area contributed by atoms with Crippen LogP contribution >= 0.6 is 27.5 Å². The number of nitrogens with zero attached hydrogens (tertiary/aromatic N) is 2. The summed E-state index contributed by atoms with van der Waals surface area (Å²) in [6, 6.07) is 11.3.